The Morgan fingerprint density at radius 3 is 2.84 bits per heavy atom. The molecule has 1 atom stereocenters. The van der Waals surface area contributed by atoms with Gasteiger partial charge >= 0.3 is 0 Å². The molecule has 0 fully saturated rings. The molecule has 3 heterocycles. The van der Waals surface area contributed by atoms with Crippen molar-refractivity contribution in [3.63, 3.8) is 0 Å². The molecule has 1 aliphatic heterocycles. The van der Waals surface area contributed by atoms with Gasteiger partial charge in [-0.15, -0.1) is 22.7 Å². The first-order valence-electron chi connectivity index (χ1n) is 10.8. The Kier molecular flexibility index (Phi) is 6.69. The zero-order valence-corrected chi connectivity index (χ0v) is 19.8. The number of benzene rings is 1. The molecule has 2 aromatic heterocycles. The van der Waals surface area contributed by atoms with Gasteiger partial charge < -0.3 is 15.5 Å². The first kappa shape index (κ1) is 21.9. The molecule has 6 nitrogen and oxygen atoms in total. The Balaban J connectivity index is 1.59. The van der Waals surface area contributed by atoms with Crippen molar-refractivity contribution >= 4 is 49.7 Å². The van der Waals surface area contributed by atoms with Gasteiger partial charge in [0.1, 0.15) is 10.0 Å². The summed E-state index contributed by atoms with van der Waals surface area (Å²) in [6, 6.07) is 8.26. The highest BCUT2D eigenvalue weighted by molar-refractivity contribution is 7.22. The van der Waals surface area contributed by atoms with Crippen molar-refractivity contribution in [3.8, 4) is 10.6 Å². The number of thiophene rings is 1. The van der Waals surface area contributed by atoms with Crippen LogP contribution in [0.25, 0.3) is 20.8 Å². The van der Waals surface area contributed by atoms with Crippen LogP contribution in [0.2, 0.25) is 0 Å². The molecule has 3 aromatic rings. The molecule has 0 saturated heterocycles. The van der Waals surface area contributed by atoms with E-state index in [2.05, 4.69) is 23.6 Å². The number of nitrogens with one attached hydrogen (secondary N) is 2. The van der Waals surface area contributed by atoms with Crippen molar-refractivity contribution < 1.29 is 9.59 Å². The second-order valence-electron chi connectivity index (χ2n) is 7.89. The van der Waals surface area contributed by atoms with Crippen molar-refractivity contribution in [1.29, 1.82) is 0 Å². The van der Waals surface area contributed by atoms with Crippen LogP contribution in [0, 0.1) is 0 Å². The Bertz CT molecular complexity index is 1070. The van der Waals surface area contributed by atoms with Gasteiger partial charge in [0.05, 0.1) is 10.2 Å². The molecule has 1 aromatic carbocycles. The number of carbonyl (C=O) groups excluding carboxylic acids is 2. The molecule has 0 radical (unpaired) electrons. The molecule has 4 rings (SSSR count). The Hall–Kier alpha value is -2.29. The van der Waals surface area contributed by atoms with E-state index in [1.165, 1.54) is 10.4 Å². The van der Waals surface area contributed by atoms with Gasteiger partial charge in [-0.05, 0) is 44.0 Å². The summed E-state index contributed by atoms with van der Waals surface area (Å²) < 4.78 is 1.15. The van der Waals surface area contributed by atoms with Gasteiger partial charge in [0.2, 0.25) is 11.8 Å². The lowest BCUT2D eigenvalue weighted by Gasteiger charge is -2.27. The topological polar surface area (TPSA) is 74.3 Å². The number of rotatable bonds is 7. The third-order valence-corrected chi connectivity index (χ3v) is 8.00. The van der Waals surface area contributed by atoms with Gasteiger partial charge in [-0.2, -0.15) is 0 Å². The number of amides is 2. The van der Waals surface area contributed by atoms with Crippen molar-refractivity contribution in [1.82, 2.24) is 15.2 Å². The Morgan fingerprint density at radius 1 is 1.29 bits per heavy atom. The largest absolute Gasteiger partial charge is 0.340 e. The first-order valence-corrected chi connectivity index (χ1v) is 12.4. The predicted molar refractivity (Wildman–Crippen MR) is 129 cm³/mol. The number of para-hydroxylation sites is 1. The lowest BCUT2D eigenvalue weighted by molar-refractivity contribution is -0.131. The number of nitrogens with zero attached hydrogens (tertiary/aromatic N) is 2. The van der Waals surface area contributed by atoms with Gasteiger partial charge in [-0.1, -0.05) is 19.1 Å². The van der Waals surface area contributed by atoms with E-state index in [-0.39, 0.29) is 24.3 Å². The van der Waals surface area contributed by atoms with E-state index in [0.29, 0.717) is 6.54 Å². The van der Waals surface area contributed by atoms with Gasteiger partial charge in [0.25, 0.3) is 0 Å². The summed E-state index contributed by atoms with van der Waals surface area (Å²) in [6.07, 6.45) is 2.08. The predicted octanol–water partition coefficient (Wildman–Crippen LogP) is 4.65. The van der Waals surface area contributed by atoms with Crippen LogP contribution in [0.5, 0.6) is 0 Å². The third-order valence-electron chi connectivity index (χ3n) is 5.80. The molecule has 8 heteroatoms. The maximum atomic E-state index is 12.8. The van der Waals surface area contributed by atoms with Crippen LogP contribution in [-0.2, 0) is 22.6 Å². The van der Waals surface area contributed by atoms with Crippen molar-refractivity contribution in [2.45, 2.75) is 52.6 Å². The average molecular weight is 457 g/mol. The lowest BCUT2D eigenvalue weighted by atomic mass is 10.0. The second-order valence-corrected chi connectivity index (χ2v) is 10.0. The first-order chi connectivity index (χ1) is 15.0. The molecule has 1 unspecified atom stereocenters. The van der Waals surface area contributed by atoms with Crippen LogP contribution in [0.15, 0.2) is 24.3 Å². The molecule has 164 valence electrons. The minimum Gasteiger partial charge on any atom is -0.340 e. The van der Waals surface area contributed by atoms with E-state index in [4.69, 9.17) is 4.98 Å². The average Bonchev–Trinajstić information content (AvgIpc) is 3.33. The molecule has 2 N–H and O–H groups in total. The fourth-order valence-corrected chi connectivity index (χ4v) is 6.29. The molecular weight excluding hydrogens is 428 g/mol. The monoisotopic (exact) mass is 456 g/mol. The standard InChI is InChI=1S/C23H28N4O2S2/c1-4-14(2)27(15(3)28)12-10-20(29)26-23-21(16-9-11-24-13-19(16)31-23)22-25-17-7-5-6-8-18(17)30-22/h5-8,14,24H,4,9-13H2,1-3H3,(H,26,29). The fraction of sp³-hybridized carbons (Fsp3) is 0.435. The summed E-state index contributed by atoms with van der Waals surface area (Å²) in [7, 11) is 0. The summed E-state index contributed by atoms with van der Waals surface area (Å²) >= 11 is 3.31. The molecule has 2 amide bonds. The zero-order valence-electron chi connectivity index (χ0n) is 18.2. The smallest absolute Gasteiger partial charge is 0.226 e. The zero-order chi connectivity index (χ0) is 22.0. The van der Waals surface area contributed by atoms with Crippen LogP contribution < -0.4 is 10.6 Å². The number of aromatic nitrogens is 1. The summed E-state index contributed by atoms with van der Waals surface area (Å²) in [4.78, 5) is 32.7. The highest BCUT2D eigenvalue weighted by Gasteiger charge is 2.25. The number of hydrogen-bond donors (Lipinski definition) is 2. The van der Waals surface area contributed by atoms with E-state index in [9.17, 15) is 9.59 Å². The van der Waals surface area contributed by atoms with Crippen LogP contribution >= 0.6 is 22.7 Å². The number of fused-ring (bicyclic) bond motifs is 2. The SMILES string of the molecule is CCC(C)N(CCC(=O)Nc1sc2c(c1-c1nc3ccccc3s1)CCNC2)C(C)=O. The lowest BCUT2D eigenvalue weighted by Crippen LogP contribution is -2.38. The van der Waals surface area contributed by atoms with E-state index in [0.717, 1.165) is 51.7 Å². The fourth-order valence-electron chi connectivity index (χ4n) is 3.95. The van der Waals surface area contributed by atoms with Crippen LogP contribution in [0.1, 0.15) is 44.1 Å². The molecule has 0 saturated carbocycles. The summed E-state index contributed by atoms with van der Waals surface area (Å²) in [5.41, 5.74) is 3.35. The van der Waals surface area contributed by atoms with Crippen molar-refractivity contribution in [2.75, 3.05) is 18.4 Å². The normalized spacial score (nSPS) is 14.3. The second kappa shape index (κ2) is 9.46. The van der Waals surface area contributed by atoms with E-state index >= 15 is 0 Å². The maximum Gasteiger partial charge on any atom is 0.226 e. The van der Waals surface area contributed by atoms with Crippen molar-refractivity contribution in [3.05, 3.63) is 34.7 Å². The summed E-state index contributed by atoms with van der Waals surface area (Å²) in [5, 5.41) is 8.39. The molecule has 0 bridgehead atoms. The van der Waals surface area contributed by atoms with E-state index < -0.39 is 0 Å². The highest BCUT2D eigenvalue weighted by Crippen LogP contribution is 2.44. The number of thiazole rings is 1. The van der Waals surface area contributed by atoms with Crippen LogP contribution in [0.4, 0.5) is 5.00 Å². The minimum absolute atomic E-state index is 0.00924. The molecule has 1 aliphatic rings. The number of anilines is 1. The third kappa shape index (κ3) is 4.66. The van der Waals surface area contributed by atoms with Gasteiger partial charge in [0.15, 0.2) is 0 Å². The van der Waals surface area contributed by atoms with Crippen molar-refractivity contribution in [2.24, 2.45) is 0 Å². The number of carbonyl (C=O) groups is 2. The maximum absolute atomic E-state index is 12.8. The quantitative estimate of drug-likeness (QED) is 0.543. The van der Waals surface area contributed by atoms with Gasteiger partial charge in [0, 0.05) is 42.9 Å². The molecule has 31 heavy (non-hydrogen) atoms. The number of hydrogen-bond acceptors (Lipinski definition) is 6. The van der Waals surface area contributed by atoms with Gasteiger partial charge in [-0.25, -0.2) is 4.98 Å². The minimum atomic E-state index is -0.0662. The molecule has 0 spiro atoms. The van der Waals surface area contributed by atoms with E-state index in [1.807, 2.05) is 25.1 Å². The molecule has 0 aliphatic carbocycles. The summed E-state index contributed by atoms with van der Waals surface area (Å²) in [6.45, 7) is 7.81. The summed E-state index contributed by atoms with van der Waals surface area (Å²) in [5.74, 6) is -0.0570. The van der Waals surface area contributed by atoms with Crippen LogP contribution in [-0.4, -0.2) is 40.8 Å². The van der Waals surface area contributed by atoms with Crippen LogP contribution in [0.3, 0.4) is 0 Å². The molecular formula is C23H28N4O2S2. The van der Waals surface area contributed by atoms with Gasteiger partial charge in [-0.3, -0.25) is 9.59 Å². The highest BCUT2D eigenvalue weighted by atomic mass is 32.1. The Labute approximate surface area is 190 Å². The Morgan fingerprint density at radius 2 is 2.10 bits per heavy atom. The van der Waals surface area contributed by atoms with E-state index in [1.54, 1.807) is 34.5 Å².